The van der Waals surface area contributed by atoms with Crippen molar-refractivity contribution in [2.45, 2.75) is 53.0 Å². The monoisotopic (exact) mass is 278 g/mol. The van der Waals surface area contributed by atoms with Gasteiger partial charge in [0.1, 0.15) is 5.69 Å². The number of carbonyl (C=O) groups excluding carboxylic acids is 1. The molecule has 0 radical (unpaired) electrons. The van der Waals surface area contributed by atoms with Gasteiger partial charge in [0.2, 0.25) is 5.95 Å². The highest BCUT2D eigenvalue weighted by Gasteiger charge is 2.13. The second kappa shape index (κ2) is 8.51. The van der Waals surface area contributed by atoms with Gasteiger partial charge in [-0.15, -0.1) is 0 Å². The maximum atomic E-state index is 12.1. The normalized spacial score (nSPS) is 12.0. The molecular weight excluding hydrogens is 252 g/mol. The van der Waals surface area contributed by atoms with Gasteiger partial charge >= 0.3 is 0 Å². The zero-order valence-electron chi connectivity index (χ0n) is 13.0. The molecule has 20 heavy (non-hydrogen) atoms. The molecule has 5 nitrogen and oxygen atoms in total. The van der Waals surface area contributed by atoms with Crippen molar-refractivity contribution in [1.29, 1.82) is 0 Å². The quantitative estimate of drug-likeness (QED) is 0.794. The number of rotatable bonds is 8. The zero-order valence-corrected chi connectivity index (χ0v) is 13.0. The largest absolute Gasteiger partial charge is 0.348 e. The molecule has 0 aliphatic rings. The molecule has 1 unspecified atom stereocenters. The first kappa shape index (κ1) is 16.4. The van der Waals surface area contributed by atoms with Crippen LogP contribution < -0.4 is 10.2 Å². The maximum Gasteiger partial charge on any atom is 0.270 e. The predicted molar refractivity (Wildman–Crippen MR) is 82.0 cm³/mol. The summed E-state index contributed by atoms with van der Waals surface area (Å²) in [7, 11) is 0. The molecule has 0 bridgehead atoms. The van der Waals surface area contributed by atoms with Crippen molar-refractivity contribution < 1.29 is 4.79 Å². The smallest absolute Gasteiger partial charge is 0.270 e. The van der Waals surface area contributed by atoms with E-state index in [2.05, 4.69) is 34.0 Å². The van der Waals surface area contributed by atoms with Gasteiger partial charge in [0.15, 0.2) is 0 Å². The molecule has 1 amide bonds. The van der Waals surface area contributed by atoms with Crippen LogP contribution in [-0.4, -0.2) is 35.0 Å². The summed E-state index contributed by atoms with van der Waals surface area (Å²) in [5.74, 6) is 0.515. The molecule has 0 aromatic carbocycles. The van der Waals surface area contributed by atoms with Crippen LogP contribution in [0.4, 0.5) is 5.95 Å². The van der Waals surface area contributed by atoms with E-state index < -0.39 is 0 Å². The number of amides is 1. The summed E-state index contributed by atoms with van der Waals surface area (Å²) in [6.07, 6.45) is 4.63. The van der Waals surface area contributed by atoms with E-state index in [4.69, 9.17) is 0 Å². The molecular formula is C15H26N4O. The second-order valence-corrected chi connectivity index (χ2v) is 5.01. The highest BCUT2D eigenvalue weighted by atomic mass is 16.1. The van der Waals surface area contributed by atoms with Crippen molar-refractivity contribution in [3.05, 3.63) is 18.0 Å². The Hall–Kier alpha value is -1.65. The van der Waals surface area contributed by atoms with E-state index in [1.165, 1.54) is 0 Å². The number of hydrogen-bond donors (Lipinski definition) is 1. The number of nitrogens with one attached hydrogen (secondary N) is 1. The van der Waals surface area contributed by atoms with Gasteiger partial charge in [0, 0.05) is 25.3 Å². The van der Waals surface area contributed by atoms with Crippen LogP contribution in [0.1, 0.15) is 57.4 Å². The molecule has 1 rings (SSSR count). The lowest BCUT2D eigenvalue weighted by atomic mass is 10.2. The second-order valence-electron chi connectivity index (χ2n) is 5.01. The van der Waals surface area contributed by atoms with Crippen molar-refractivity contribution in [2.24, 2.45) is 0 Å². The Bertz CT molecular complexity index is 416. The summed E-state index contributed by atoms with van der Waals surface area (Å²) in [4.78, 5) is 22.9. The fraction of sp³-hybridized carbons (Fsp3) is 0.667. The van der Waals surface area contributed by atoms with Crippen LogP contribution in [0.3, 0.4) is 0 Å². The summed E-state index contributed by atoms with van der Waals surface area (Å²) in [5.41, 5.74) is 0.438. The Morgan fingerprint density at radius 2 is 1.95 bits per heavy atom. The van der Waals surface area contributed by atoms with Crippen LogP contribution >= 0.6 is 0 Å². The van der Waals surface area contributed by atoms with E-state index in [-0.39, 0.29) is 11.9 Å². The number of hydrogen-bond acceptors (Lipinski definition) is 4. The van der Waals surface area contributed by atoms with Gasteiger partial charge in [0.25, 0.3) is 5.91 Å². The van der Waals surface area contributed by atoms with E-state index in [1.807, 2.05) is 13.8 Å². The van der Waals surface area contributed by atoms with E-state index in [9.17, 15) is 4.79 Å². The lowest BCUT2D eigenvalue weighted by Crippen LogP contribution is -2.33. The summed E-state index contributed by atoms with van der Waals surface area (Å²) >= 11 is 0. The van der Waals surface area contributed by atoms with Gasteiger partial charge in [-0.25, -0.2) is 9.97 Å². The Labute approximate surface area is 121 Å². The fourth-order valence-corrected chi connectivity index (χ4v) is 1.88. The lowest BCUT2D eigenvalue weighted by Gasteiger charge is -2.21. The summed E-state index contributed by atoms with van der Waals surface area (Å²) in [6, 6.07) is 1.82. The van der Waals surface area contributed by atoms with Crippen LogP contribution in [-0.2, 0) is 0 Å². The minimum absolute atomic E-state index is 0.129. The molecule has 1 heterocycles. The Balaban J connectivity index is 2.85. The summed E-state index contributed by atoms with van der Waals surface area (Å²) < 4.78 is 0. The van der Waals surface area contributed by atoms with Crippen molar-refractivity contribution in [1.82, 2.24) is 15.3 Å². The highest BCUT2D eigenvalue weighted by Crippen LogP contribution is 2.09. The van der Waals surface area contributed by atoms with Gasteiger partial charge in [0.05, 0.1) is 0 Å². The Morgan fingerprint density at radius 3 is 2.50 bits per heavy atom. The van der Waals surface area contributed by atoms with Crippen LogP contribution in [0.25, 0.3) is 0 Å². The van der Waals surface area contributed by atoms with E-state index in [0.717, 1.165) is 32.4 Å². The molecule has 1 aromatic rings. The van der Waals surface area contributed by atoms with Crippen molar-refractivity contribution in [3.8, 4) is 0 Å². The van der Waals surface area contributed by atoms with Crippen LogP contribution in [0.5, 0.6) is 0 Å². The summed E-state index contributed by atoms with van der Waals surface area (Å²) in [6.45, 7) is 10.1. The SMILES string of the molecule is CCCN(CCC)c1nccc(C(=O)NC(C)CC)n1. The molecule has 0 aliphatic heterocycles. The molecule has 5 heteroatoms. The molecule has 0 fully saturated rings. The van der Waals surface area contributed by atoms with E-state index >= 15 is 0 Å². The molecule has 1 atom stereocenters. The van der Waals surface area contributed by atoms with Gasteiger partial charge in [-0.1, -0.05) is 20.8 Å². The van der Waals surface area contributed by atoms with Crippen LogP contribution in [0.2, 0.25) is 0 Å². The maximum absolute atomic E-state index is 12.1. The van der Waals surface area contributed by atoms with Crippen molar-refractivity contribution in [3.63, 3.8) is 0 Å². The Kier molecular flexibility index (Phi) is 6.98. The lowest BCUT2D eigenvalue weighted by molar-refractivity contribution is 0.0934. The average molecular weight is 278 g/mol. The molecule has 112 valence electrons. The van der Waals surface area contributed by atoms with Crippen molar-refractivity contribution >= 4 is 11.9 Å². The zero-order chi connectivity index (χ0) is 15.0. The van der Waals surface area contributed by atoms with Gasteiger partial charge in [-0.2, -0.15) is 0 Å². The molecule has 0 saturated heterocycles. The topological polar surface area (TPSA) is 58.1 Å². The summed E-state index contributed by atoms with van der Waals surface area (Å²) in [5, 5.41) is 2.93. The fourth-order valence-electron chi connectivity index (χ4n) is 1.88. The first-order chi connectivity index (χ1) is 9.62. The number of nitrogens with zero attached hydrogens (tertiary/aromatic N) is 3. The minimum atomic E-state index is -0.129. The number of aromatic nitrogens is 2. The first-order valence-electron chi connectivity index (χ1n) is 7.51. The average Bonchev–Trinajstić information content (AvgIpc) is 2.47. The standard InChI is InChI=1S/C15H26N4O/c1-5-10-19(11-6-2)15-16-9-8-13(18-15)14(20)17-12(4)7-3/h8-9,12H,5-7,10-11H2,1-4H3,(H,17,20). The third kappa shape index (κ3) is 4.79. The highest BCUT2D eigenvalue weighted by molar-refractivity contribution is 5.92. The molecule has 1 N–H and O–H groups in total. The van der Waals surface area contributed by atoms with Crippen LogP contribution in [0, 0.1) is 0 Å². The van der Waals surface area contributed by atoms with Crippen molar-refractivity contribution in [2.75, 3.05) is 18.0 Å². The van der Waals surface area contributed by atoms with Crippen LogP contribution in [0.15, 0.2) is 12.3 Å². The van der Waals surface area contributed by atoms with Gasteiger partial charge < -0.3 is 10.2 Å². The van der Waals surface area contributed by atoms with E-state index in [0.29, 0.717) is 11.6 Å². The molecule has 0 aliphatic carbocycles. The van der Waals surface area contributed by atoms with Gasteiger partial charge in [-0.05, 0) is 32.3 Å². The predicted octanol–water partition coefficient (Wildman–Crippen LogP) is 2.63. The third-order valence-electron chi connectivity index (χ3n) is 3.14. The molecule has 0 saturated carbocycles. The number of anilines is 1. The molecule has 1 aromatic heterocycles. The van der Waals surface area contributed by atoms with Gasteiger partial charge in [-0.3, -0.25) is 4.79 Å². The minimum Gasteiger partial charge on any atom is -0.348 e. The Morgan fingerprint density at radius 1 is 1.30 bits per heavy atom. The molecule has 0 spiro atoms. The van der Waals surface area contributed by atoms with E-state index in [1.54, 1.807) is 12.3 Å². The number of carbonyl (C=O) groups is 1. The first-order valence-corrected chi connectivity index (χ1v) is 7.51. The third-order valence-corrected chi connectivity index (χ3v) is 3.14.